The van der Waals surface area contributed by atoms with E-state index in [9.17, 15) is 14.6 Å². The first-order valence-corrected chi connectivity index (χ1v) is 7.83. The number of nitrogens with two attached hydrogens (primary N) is 1. The van der Waals surface area contributed by atoms with Crippen molar-refractivity contribution in [2.45, 2.75) is 24.5 Å². The van der Waals surface area contributed by atoms with Crippen molar-refractivity contribution in [3.05, 3.63) is 12.7 Å². The summed E-state index contributed by atoms with van der Waals surface area (Å²) in [6, 6.07) is 0. The Morgan fingerprint density at radius 3 is 2.92 bits per heavy atom. The summed E-state index contributed by atoms with van der Waals surface area (Å²) in [6.07, 6.45) is -1.26. The van der Waals surface area contributed by atoms with E-state index in [2.05, 4.69) is 19.5 Å². The van der Waals surface area contributed by atoms with Gasteiger partial charge < -0.3 is 35.0 Å². The predicted molar refractivity (Wildman–Crippen MR) is 71.7 cm³/mol. The summed E-state index contributed by atoms with van der Waals surface area (Å²) >= 11 is 0. The molecule has 0 radical (unpaired) electrons. The summed E-state index contributed by atoms with van der Waals surface area (Å²) in [5, 5.41) is 10.3. The predicted octanol–water partition coefficient (Wildman–Crippen LogP) is -5.27. The van der Waals surface area contributed by atoms with Crippen LogP contribution in [-0.2, 0) is 18.3 Å². The zero-order chi connectivity index (χ0) is 15.5. The van der Waals surface area contributed by atoms with Crippen molar-refractivity contribution < 1.29 is 63.4 Å². The molecule has 2 aliphatic heterocycles. The number of nitrogens with zero attached hydrogens (tertiary/aromatic N) is 4. The molecule has 2 aromatic heterocycles. The number of aromatic nitrogens is 4. The number of hydrogen-bond acceptors (Lipinski definition) is 10. The van der Waals surface area contributed by atoms with Crippen molar-refractivity contribution in [1.82, 2.24) is 19.5 Å². The van der Waals surface area contributed by atoms with Gasteiger partial charge in [-0.25, -0.2) is 15.0 Å². The van der Waals surface area contributed by atoms with Crippen LogP contribution in [0.5, 0.6) is 0 Å². The van der Waals surface area contributed by atoms with E-state index in [1.807, 2.05) is 0 Å². The molecular weight excluding hydrogens is 356 g/mol. The van der Waals surface area contributed by atoms with Gasteiger partial charge in [-0.2, -0.15) is 0 Å². The number of aliphatic hydroxyl groups excluding tert-OH is 1. The Balaban J connectivity index is 0.00000104. The van der Waals surface area contributed by atoms with Gasteiger partial charge in [-0.3, -0.25) is 9.13 Å². The van der Waals surface area contributed by atoms with E-state index in [4.69, 9.17) is 15.0 Å². The normalized spacial score (nSPS) is 35.1. The van der Waals surface area contributed by atoms with Gasteiger partial charge in [0.1, 0.15) is 30.2 Å². The number of anilines is 1. The Morgan fingerprint density at radius 1 is 1.42 bits per heavy atom. The largest absolute Gasteiger partial charge is 1.00 e. The van der Waals surface area contributed by atoms with E-state index >= 15 is 0 Å². The van der Waals surface area contributed by atoms with Crippen LogP contribution >= 0.6 is 7.82 Å². The molecule has 126 valence electrons. The molecule has 5 atom stereocenters. The number of phosphoric acid groups is 1. The second-order valence-electron chi connectivity index (χ2n) is 4.95. The number of ether oxygens (including phenoxy) is 1. The molecule has 5 unspecified atom stereocenters. The van der Waals surface area contributed by atoms with Crippen LogP contribution in [0.2, 0.25) is 0 Å². The summed E-state index contributed by atoms with van der Waals surface area (Å²) in [4.78, 5) is 23.3. The SMILES string of the molecule is Nc1ncnc2c1ncn2C1OC2COP(=O)([O-])OC2C1O.O.[Na+]. The molecule has 4 heterocycles. The van der Waals surface area contributed by atoms with Gasteiger partial charge in [0.2, 0.25) is 0 Å². The number of fused-ring (bicyclic) bond motifs is 2. The Hall–Kier alpha value is -0.660. The molecule has 0 bridgehead atoms. The molecule has 5 N–H and O–H groups in total. The first kappa shape index (κ1) is 19.7. The van der Waals surface area contributed by atoms with E-state index in [0.29, 0.717) is 11.2 Å². The topological polar surface area (TPSA) is 189 Å². The van der Waals surface area contributed by atoms with Crippen LogP contribution in [0.15, 0.2) is 12.7 Å². The molecule has 14 heteroatoms. The summed E-state index contributed by atoms with van der Waals surface area (Å²) in [6.45, 7) is -0.219. The van der Waals surface area contributed by atoms with Crippen LogP contribution in [0.3, 0.4) is 0 Å². The first-order chi connectivity index (χ1) is 10.5. The van der Waals surface area contributed by atoms with Crippen LogP contribution in [0.1, 0.15) is 6.23 Å². The average Bonchev–Trinajstić information content (AvgIpc) is 3.01. The minimum atomic E-state index is -4.41. The molecule has 0 saturated carbocycles. The van der Waals surface area contributed by atoms with E-state index in [1.165, 1.54) is 17.2 Å². The van der Waals surface area contributed by atoms with E-state index in [0.717, 1.165) is 0 Å². The molecule has 0 aliphatic carbocycles. The molecule has 2 aromatic rings. The van der Waals surface area contributed by atoms with Gasteiger partial charge in [-0.05, 0) is 0 Å². The fourth-order valence-electron chi connectivity index (χ4n) is 2.61. The van der Waals surface area contributed by atoms with E-state index in [-0.39, 0.29) is 47.5 Å². The van der Waals surface area contributed by atoms with Gasteiger partial charge in [0.25, 0.3) is 7.82 Å². The van der Waals surface area contributed by atoms with Gasteiger partial charge in [-0.15, -0.1) is 0 Å². The third-order valence-corrected chi connectivity index (χ3v) is 4.59. The second-order valence-corrected chi connectivity index (χ2v) is 6.32. The molecule has 0 amide bonds. The van der Waals surface area contributed by atoms with Crippen molar-refractivity contribution in [3.63, 3.8) is 0 Å². The summed E-state index contributed by atoms with van der Waals surface area (Å²) in [5.74, 6) is 0.192. The number of imidazole rings is 1. The molecule has 2 fully saturated rings. The Bertz CT molecular complexity index is 790. The molecule has 2 aliphatic rings. The maximum atomic E-state index is 11.3. The quantitative estimate of drug-likeness (QED) is 0.363. The van der Waals surface area contributed by atoms with Gasteiger partial charge >= 0.3 is 29.6 Å². The smallest absolute Gasteiger partial charge is 0.756 e. The second kappa shape index (κ2) is 6.92. The fraction of sp³-hybridized carbons (Fsp3) is 0.500. The standard InChI is InChI=1S/C10H12N5O6P.Na.H2O/c11-8-5-9(13-2-12-8)15(3-14-5)10-6(16)7-4(20-10)1-19-22(17,18)21-7;;/h2-4,6-7,10,16H,1H2,(H,17,18)(H2,11,12,13);;1H2/q;+1;/p-1. The van der Waals surface area contributed by atoms with Crippen molar-refractivity contribution >= 4 is 24.8 Å². The molecule has 0 aromatic carbocycles. The van der Waals surface area contributed by atoms with Crippen LogP contribution < -0.4 is 40.2 Å². The third kappa shape index (κ3) is 3.10. The molecule has 24 heavy (non-hydrogen) atoms. The summed E-state index contributed by atoms with van der Waals surface area (Å²) in [5.41, 5.74) is 6.43. The van der Waals surface area contributed by atoms with Crippen molar-refractivity contribution in [3.8, 4) is 0 Å². The average molecular weight is 369 g/mol. The summed E-state index contributed by atoms with van der Waals surface area (Å²) < 4.78 is 27.8. The molecular formula is C10H13N5NaO7P. The molecule has 0 spiro atoms. The summed E-state index contributed by atoms with van der Waals surface area (Å²) in [7, 11) is -4.41. The van der Waals surface area contributed by atoms with Crippen molar-refractivity contribution in [2.75, 3.05) is 12.3 Å². The van der Waals surface area contributed by atoms with Crippen LogP contribution in [0.4, 0.5) is 5.82 Å². The van der Waals surface area contributed by atoms with Gasteiger partial charge in [0.15, 0.2) is 17.7 Å². The molecule has 4 rings (SSSR count). The maximum Gasteiger partial charge on any atom is 1.00 e. The van der Waals surface area contributed by atoms with Crippen molar-refractivity contribution in [1.29, 1.82) is 0 Å². The maximum absolute atomic E-state index is 11.3. The van der Waals surface area contributed by atoms with Gasteiger partial charge in [0, 0.05) is 0 Å². The fourth-order valence-corrected chi connectivity index (χ4v) is 3.56. The van der Waals surface area contributed by atoms with Crippen LogP contribution in [0, 0.1) is 0 Å². The van der Waals surface area contributed by atoms with Crippen LogP contribution in [-0.4, -0.2) is 55.0 Å². The van der Waals surface area contributed by atoms with E-state index in [1.54, 1.807) is 0 Å². The van der Waals surface area contributed by atoms with E-state index < -0.39 is 32.4 Å². The molecule has 2 saturated heterocycles. The number of phosphoric ester groups is 1. The first-order valence-electron chi connectivity index (χ1n) is 6.37. The monoisotopic (exact) mass is 369 g/mol. The molecule has 12 nitrogen and oxygen atoms in total. The minimum Gasteiger partial charge on any atom is -0.756 e. The minimum absolute atomic E-state index is 0. The number of nitrogen functional groups attached to an aromatic ring is 1. The zero-order valence-corrected chi connectivity index (χ0v) is 15.4. The Labute approximate surface area is 157 Å². The number of hydrogen-bond donors (Lipinski definition) is 2. The van der Waals surface area contributed by atoms with Gasteiger partial charge in [-0.1, -0.05) is 0 Å². The van der Waals surface area contributed by atoms with Crippen molar-refractivity contribution in [2.24, 2.45) is 0 Å². The number of aliphatic hydroxyl groups is 1. The van der Waals surface area contributed by atoms with Crippen LogP contribution in [0.25, 0.3) is 11.2 Å². The third-order valence-electron chi connectivity index (χ3n) is 3.62. The Kier molecular flexibility index (Phi) is 5.67. The number of rotatable bonds is 1. The Morgan fingerprint density at radius 2 is 2.17 bits per heavy atom. The van der Waals surface area contributed by atoms with Gasteiger partial charge in [0.05, 0.1) is 12.9 Å². The zero-order valence-electron chi connectivity index (χ0n) is 12.5.